The molecular formula is C17H25N5O2S2. The molecule has 2 N–H and O–H groups in total. The van der Waals surface area contributed by atoms with Crippen LogP contribution in [0.25, 0.3) is 0 Å². The largest absolute Gasteiger partial charge is 0.383 e. The molecule has 2 aromatic heterocycles. The maximum Gasteiger partial charge on any atom is 0.234 e. The summed E-state index contributed by atoms with van der Waals surface area (Å²) in [4.78, 5) is 9.84. The highest BCUT2D eigenvalue weighted by Gasteiger charge is 2.45. The van der Waals surface area contributed by atoms with E-state index in [4.69, 9.17) is 0 Å². The number of rotatable bonds is 5. The SMILES string of the molecule is CC1CCCC(C)C1(O)c1cc(S(C)=O)nc(NSc2cnn(C)c2)n1. The molecule has 7 nitrogen and oxygen atoms in total. The zero-order chi connectivity index (χ0) is 18.9. The maximum atomic E-state index is 12.1. The van der Waals surface area contributed by atoms with Gasteiger partial charge in [0.1, 0.15) is 10.6 Å². The molecule has 9 heteroatoms. The van der Waals surface area contributed by atoms with Crippen molar-refractivity contribution < 1.29 is 9.32 Å². The van der Waals surface area contributed by atoms with Crippen molar-refractivity contribution >= 4 is 28.7 Å². The Hall–Kier alpha value is -1.45. The van der Waals surface area contributed by atoms with Crippen molar-refractivity contribution in [1.29, 1.82) is 0 Å². The quantitative estimate of drug-likeness (QED) is 0.594. The third-order valence-electron chi connectivity index (χ3n) is 5.13. The van der Waals surface area contributed by atoms with Crippen molar-refractivity contribution in [3.8, 4) is 0 Å². The van der Waals surface area contributed by atoms with E-state index >= 15 is 0 Å². The molecule has 1 aliphatic carbocycles. The van der Waals surface area contributed by atoms with E-state index in [1.54, 1.807) is 23.2 Å². The number of hydrogen-bond donors (Lipinski definition) is 2. The number of aromatic nitrogens is 4. The first-order valence-electron chi connectivity index (χ1n) is 8.67. The minimum Gasteiger partial charge on any atom is -0.383 e. The van der Waals surface area contributed by atoms with Crippen molar-refractivity contribution in [3.63, 3.8) is 0 Å². The van der Waals surface area contributed by atoms with E-state index in [1.165, 1.54) is 11.9 Å². The van der Waals surface area contributed by atoms with Gasteiger partial charge in [0.25, 0.3) is 0 Å². The van der Waals surface area contributed by atoms with Crippen molar-refractivity contribution in [2.24, 2.45) is 18.9 Å². The smallest absolute Gasteiger partial charge is 0.234 e. The van der Waals surface area contributed by atoms with Crippen LogP contribution in [0.5, 0.6) is 0 Å². The predicted octanol–water partition coefficient (Wildman–Crippen LogP) is 2.71. The Bertz CT molecular complexity index is 800. The van der Waals surface area contributed by atoms with Gasteiger partial charge in [-0.1, -0.05) is 20.3 Å². The minimum atomic E-state index is -1.27. The molecule has 3 atom stereocenters. The lowest BCUT2D eigenvalue weighted by atomic mass is 9.68. The summed E-state index contributed by atoms with van der Waals surface area (Å²) < 4.78 is 16.9. The molecule has 1 aliphatic rings. The average molecular weight is 396 g/mol. The van der Waals surface area contributed by atoms with Crippen molar-refractivity contribution in [1.82, 2.24) is 19.7 Å². The highest BCUT2D eigenvalue weighted by molar-refractivity contribution is 8.00. The van der Waals surface area contributed by atoms with Gasteiger partial charge >= 0.3 is 0 Å². The predicted molar refractivity (Wildman–Crippen MR) is 103 cm³/mol. The summed E-state index contributed by atoms with van der Waals surface area (Å²) in [7, 11) is 0.581. The molecule has 2 heterocycles. The first-order valence-corrected chi connectivity index (χ1v) is 11.0. The van der Waals surface area contributed by atoms with Crippen LogP contribution in [-0.2, 0) is 23.4 Å². The van der Waals surface area contributed by atoms with Crippen LogP contribution in [0.4, 0.5) is 5.95 Å². The van der Waals surface area contributed by atoms with Gasteiger partial charge in [-0.05, 0) is 42.7 Å². The Morgan fingerprint density at radius 1 is 1.35 bits per heavy atom. The third kappa shape index (κ3) is 3.79. The number of hydrogen-bond acceptors (Lipinski definition) is 7. The van der Waals surface area contributed by atoms with Crippen LogP contribution >= 0.6 is 11.9 Å². The fourth-order valence-electron chi connectivity index (χ4n) is 3.54. The summed E-state index contributed by atoms with van der Waals surface area (Å²) >= 11 is 1.33. The number of aryl methyl sites for hydroxylation is 1. The lowest BCUT2D eigenvalue weighted by Gasteiger charge is -2.42. The van der Waals surface area contributed by atoms with E-state index in [1.807, 2.05) is 13.2 Å². The Labute approximate surface area is 160 Å². The second-order valence-electron chi connectivity index (χ2n) is 6.98. The van der Waals surface area contributed by atoms with Crippen LogP contribution in [0.2, 0.25) is 0 Å². The van der Waals surface area contributed by atoms with Gasteiger partial charge in [0.2, 0.25) is 5.95 Å². The van der Waals surface area contributed by atoms with Gasteiger partial charge in [-0.2, -0.15) is 5.10 Å². The molecule has 3 unspecified atom stereocenters. The molecule has 3 rings (SSSR count). The van der Waals surface area contributed by atoms with Crippen LogP contribution < -0.4 is 4.72 Å². The topological polar surface area (TPSA) is 92.9 Å². The van der Waals surface area contributed by atoms with Crippen LogP contribution in [0.3, 0.4) is 0 Å². The summed E-state index contributed by atoms with van der Waals surface area (Å²) in [6.45, 7) is 4.11. The standard InChI is InChI=1S/C17H25N5O2S2/c1-11-6-5-7-12(2)17(11,23)14-8-15(26(4)24)20-16(19-14)21-25-13-9-18-22(3)10-13/h8-12,23H,5-7H2,1-4H3,(H,19,20,21). The molecular weight excluding hydrogens is 370 g/mol. The van der Waals surface area contributed by atoms with Gasteiger partial charge < -0.3 is 5.11 Å². The van der Waals surface area contributed by atoms with Crippen LogP contribution in [-0.4, -0.2) is 35.3 Å². The van der Waals surface area contributed by atoms with Crippen LogP contribution in [0.1, 0.15) is 38.8 Å². The molecule has 26 heavy (non-hydrogen) atoms. The number of aliphatic hydroxyl groups is 1. The number of anilines is 1. The lowest BCUT2D eigenvalue weighted by Crippen LogP contribution is -2.43. The lowest BCUT2D eigenvalue weighted by molar-refractivity contribution is -0.0927. The van der Waals surface area contributed by atoms with Crippen molar-refractivity contribution in [2.75, 3.05) is 11.0 Å². The molecule has 0 aliphatic heterocycles. The molecule has 0 amide bonds. The van der Waals surface area contributed by atoms with E-state index < -0.39 is 16.4 Å². The fourth-order valence-corrected chi connectivity index (χ4v) is 4.64. The number of nitrogens with zero attached hydrogens (tertiary/aromatic N) is 4. The van der Waals surface area contributed by atoms with Gasteiger partial charge in [0.05, 0.1) is 27.6 Å². The van der Waals surface area contributed by atoms with Gasteiger partial charge in [-0.25, -0.2) is 9.97 Å². The Morgan fingerprint density at radius 2 is 2.04 bits per heavy atom. The molecule has 142 valence electrons. The van der Waals surface area contributed by atoms with E-state index in [-0.39, 0.29) is 11.8 Å². The molecule has 0 aromatic carbocycles. The van der Waals surface area contributed by atoms with Crippen molar-refractivity contribution in [3.05, 3.63) is 24.2 Å². The van der Waals surface area contributed by atoms with Crippen LogP contribution in [0.15, 0.2) is 28.4 Å². The second-order valence-corrected chi connectivity index (χ2v) is 9.19. The summed E-state index contributed by atoms with van der Waals surface area (Å²) in [5.41, 5.74) is -0.489. The van der Waals surface area contributed by atoms with Gasteiger partial charge in [-0.3, -0.25) is 13.6 Å². The third-order valence-corrected chi connectivity index (χ3v) is 6.66. The summed E-state index contributed by atoms with van der Waals surface area (Å²) in [5.74, 6) is 0.510. The zero-order valence-electron chi connectivity index (χ0n) is 15.5. The van der Waals surface area contributed by atoms with Gasteiger partial charge in [-0.15, -0.1) is 0 Å². The molecule has 0 radical (unpaired) electrons. The maximum absolute atomic E-state index is 12.1. The second kappa shape index (κ2) is 7.66. The Morgan fingerprint density at radius 3 is 2.62 bits per heavy atom. The zero-order valence-corrected chi connectivity index (χ0v) is 17.1. The molecule has 0 spiro atoms. The Balaban J connectivity index is 1.94. The molecule has 2 aromatic rings. The van der Waals surface area contributed by atoms with Crippen LogP contribution in [0, 0.1) is 11.8 Å². The normalized spacial score (nSPS) is 27.3. The molecule has 0 saturated heterocycles. The highest BCUT2D eigenvalue weighted by Crippen LogP contribution is 2.45. The first kappa shape index (κ1) is 19.3. The summed E-state index contributed by atoms with van der Waals surface area (Å²) in [6, 6.07) is 1.69. The van der Waals surface area contributed by atoms with E-state index in [0.717, 1.165) is 24.2 Å². The van der Waals surface area contributed by atoms with Crippen molar-refractivity contribution in [2.45, 2.75) is 48.6 Å². The summed E-state index contributed by atoms with van der Waals surface area (Å²) in [5, 5.41) is 16.0. The van der Waals surface area contributed by atoms with E-state index in [2.05, 4.69) is 33.6 Å². The molecule has 1 fully saturated rings. The Kier molecular flexibility index (Phi) is 5.69. The van der Waals surface area contributed by atoms with Gasteiger partial charge in [0, 0.05) is 19.5 Å². The monoisotopic (exact) mass is 395 g/mol. The van der Waals surface area contributed by atoms with E-state index in [0.29, 0.717) is 16.7 Å². The fraction of sp³-hybridized carbons (Fsp3) is 0.588. The molecule has 1 saturated carbocycles. The molecule has 0 bridgehead atoms. The van der Waals surface area contributed by atoms with E-state index in [9.17, 15) is 9.32 Å². The average Bonchev–Trinajstić information content (AvgIpc) is 3.03. The van der Waals surface area contributed by atoms with Gasteiger partial charge in [0.15, 0.2) is 0 Å². The highest BCUT2D eigenvalue weighted by atomic mass is 32.2. The minimum absolute atomic E-state index is 0.0816. The number of nitrogens with one attached hydrogen (secondary N) is 1. The summed E-state index contributed by atoms with van der Waals surface area (Å²) in [6.07, 6.45) is 8.19. The first-order chi connectivity index (χ1) is 12.3.